The van der Waals surface area contributed by atoms with Crippen molar-refractivity contribution in [2.24, 2.45) is 5.92 Å². The van der Waals surface area contributed by atoms with Gasteiger partial charge in [0.25, 0.3) is 0 Å². The SMILES string of the molecule is CC1=C2CN([C@@H](C)c3ccccc3)CC2CC1=O. The molecule has 0 bridgehead atoms. The van der Waals surface area contributed by atoms with E-state index in [4.69, 9.17) is 0 Å². The van der Waals surface area contributed by atoms with E-state index < -0.39 is 0 Å². The van der Waals surface area contributed by atoms with Crippen molar-refractivity contribution in [2.45, 2.75) is 26.3 Å². The van der Waals surface area contributed by atoms with Gasteiger partial charge < -0.3 is 0 Å². The molecule has 18 heavy (non-hydrogen) atoms. The Balaban J connectivity index is 1.80. The number of carbonyl (C=O) groups excluding carboxylic acids is 1. The summed E-state index contributed by atoms with van der Waals surface area (Å²) < 4.78 is 0. The summed E-state index contributed by atoms with van der Waals surface area (Å²) in [4.78, 5) is 14.1. The van der Waals surface area contributed by atoms with Crippen molar-refractivity contribution < 1.29 is 4.79 Å². The molecule has 0 radical (unpaired) electrons. The summed E-state index contributed by atoms with van der Waals surface area (Å²) >= 11 is 0. The van der Waals surface area contributed by atoms with Crippen LogP contribution in [-0.4, -0.2) is 23.8 Å². The summed E-state index contributed by atoms with van der Waals surface area (Å²) in [6.45, 7) is 6.26. The molecule has 1 heterocycles. The highest BCUT2D eigenvalue weighted by atomic mass is 16.1. The quantitative estimate of drug-likeness (QED) is 0.793. The molecule has 1 aromatic carbocycles. The van der Waals surface area contributed by atoms with Crippen molar-refractivity contribution >= 4 is 5.78 Å². The molecule has 3 rings (SSSR count). The zero-order chi connectivity index (χ0) is 12.7. The summed E-state index contributed by atoms with van der Waals surface area (Å²) in [5.74, 6) is 0.852. The number of hydrogen-bond donors (Lipinski definition) is 0. The first kappa shape index (κ1) is 11.7. The van der Waals surface area contributed by atoms with E-state index >= 15 is 0 Å². The van der Waals surface area contributed by atoms with Gasteiger partial charge in [-0.2, -0.15) is 0 Å². The molecule has 2 atom stereocenters. The van der Waals surface area contributed by atoms with E-state index in [2.05, 4.69) is 42.2 Å². The lowest BCUT2D eigenvalue weighted by atomic mass is 10.1. The predicted molar refractivity (Wildman–Crippen MR) is 72.2 cm³/mol. The molecular formula is C16H19NO. The van der Waals surface area contributed by atoms with E-state index in [1.54, 1.807) is 0 Å². The molecule has 1 unspecified atom stereocenters. The summed E-state index contributed by atoms with van der Waals surface area (Å²) in [5, 5.41) is 0. The van der Waals surface area contributed by atoms with Gasteiger partial charge in [-0.05, 0) is 30.6 Å². The van der Waals surface area contributed by atoms with Crippen molar-refractivity contribution in [1.29, 1.82) is 0 Å². The Morgan fingerprint density at radius 3 is 2.67 bits per heavy atom. The molecule has 2 heteroatoms. The van der Waals surface area contributed by atoms with Gasteiger partial charge in [-0.25, -0.2) is 0 Å². The van der Waals surface area contributed by atoms with E-state index in [-0.39, 0.29) is 0 Å². The Kier molecular flexibility index (Phi) is 2.83. The van der Waals surface area contributed by atoms with E-state index in [0.29, 0.717) is 17.7 Å². The fourth-order valence-electron chi connectivity index (χ4n) is 3.21. The number of nitrogens with zero attached hydrogens (tertiary/aromatic N) is 1. The van der Waals surface area contributed by atoms with Crippen molar-refractivity contribution in [2.75, 3.05) is 13.1 Å². The monoisotopic (exact) mass is 241 g/mol. The van der Waals surface area contributed by atoms with E-state index in [1.165, 1.54) is 11.1 Å². The summed E-state index contributed by atoms with van der Waals surface area (Å²) in [6, 6.07) is 11.1. The van der Waals surface area contributed by atoms with Crippen LogP contribution < -0.4 is 0 Å². The number of rotatable bonds is 2. The third-order valence-electron chi connectivity index (χ3n) is 4.48. The second kappa shape index (κ2) is 4.36. The fourth-order valence-corrected chi connectivity index (χ4v) is 3.21. The number of Topliss-reactive ketones (excluding diaryl/α,β-unsaturated/α-hetero) is 1. The van der Waals surface area contributed by atoms with Crippen molar-refractivity contribution in [3.63, 3.8) is 0 Å². The van der Waals surface area contributed by atoms with Gasteiger partial charge in [-0.3, -0.25) is 9.69 Å². The normalized spacial score (nSPS) is 25.7. The molecule has 1 aliphatic carbocycles. The number of hydrogen-bond acceptors (Lipinski definition) is 2. The van der Waals surface area contributed by atoms with Crippen LogP contribution in [-0.2, 0) is 4.79 Å². The van der Waals surface area contributed by atoms with E-state index in [1.807, 2.05) is 6.92 Å². The van der Waals surface area contributed by atoms with Gasteiger partial charge in [0, 0.05) is 31.5 Å². The lowest BCUT2D eigenvalue weighted by molar-refractivity contribution is -0.115. The molecule has 1 saturated heterocycles. The summed E-state index contributed by atoms with van der Waals surface area (Å²) in [5.41, 5.74) is 3.78. The van der Waals surface area contributed by atoms with Crippen LogP contribution in [0.25, 0.3) is 0 Å². The van der Waals surface area contributed by atoms with Crippen LogP contribution in [0.4, 0.5) is 0 Å². The zero-order valence-corrected chi connectivity index (χ0v) is 11.0. The van der Waals surface area contributed by atoms with Gasteiger partial charge in [0.2, 0.25) is 0 Å². The zero-order valence-electron chi connectivity index (χ0n) is 11.0. The molecule has 1 fully saturated rings. The Labute approximate surface area is 108 Å². The molecule has 1 aliphatic heterocycles. The molecule has 1 aromatic rings. The van der Waals surface area contributed by atoms with Gasteiger partial charge in [-0.15, -0.1) is 0 Å². The smallest absolute Gasteiger partial charge is 0.159 e. The average molecular weight is 241 g/mol. The predicted octanol–water partition coefficient (Wildman–Crippen LogP) is 2.97. The largest absolute Gasteiger partial charge is 0.295 e. The minimum absolute atomic E-state index is 0.363. The first-order chi connectivity index (χ1) is 8.66. The van der Waals surface area contributed by atoms with Crippen LogP contribution in [0.5, 0.6) is 0 Å². The van der Waals surface area contributed by atoms with Crippen molar-refractivity contribution in [3.8, 4) is 0 Å². The number of ketones is 1. The first-order valence-electron chi connectivity index (χ1n) is 6.68. The minimum Gasteiger partial charge on any atom is -0.295 e. The van der Waals surface area contributed by atoms with Gasteiger partial charge >= 0.3 is 0 Å². The molecule has 2 aliphatic rings. The highest BCUT2D eigenvalue weighted by Gasteiger charge is 2.38. The summed E-state index contributed by atoms with van der Waals surface area (Å²) in [7, 11) is 0. The van der Waals surface area contributed by atoms with Crippen LogP contribution in [0.1, 0.15) is 31.9 Å². The average Bonchev–Trinajstić information content (AvgIpc) is 2.91. The molecule has 0 amide bonds. The maximum atomic E-state index is 11.7. The van der Waals surface area contributed by atoms with Crippen molar-refractivity contribution in [1.82, 2.24) is 4.90 Å². The maximum absolute atomic E-state index is 11.7. The van der Waals surface area contributed by atoms with Crippen LogP contribution in [0, 0.1) is 5.92 Å². The molecule has 0 saturated carbocycles. The molecular weight excluding hydrogens is 222 g/mol. The third kappa shape index (κ3) is 1.81. The highest BCUT2D eigenvalue weighted by molar-refractivity contribution is 5.98. The molecule has 2 nitrogen and oxygen atoms in total. The highest BCUT2D eigenvalue weighted by Crippen LogP contribution is 2.38. The van der Waals surface area contributed by atoms with Crippen molar-refractivity contribution in [3.05, 3.63) is 47.0 Å². The minimum atomic E-state index is 0.363. The number of benzene rings is 1. The van der Waals surface area contributed by atoms with Crippen LogP contribution in [0.15, 0.2) is 41.5 Å². The molecule has 0 N–H and O–H groups in total. The second-order valence-corrected chi connectivity index (χ2v) is 5.49. The fraction of sp³-hybridized carbons (Fsp3) is 0.438. The van der Waals surface area contributed by atoms with Gasteiger partial charge in [0.1, 0.15) is 0 Å². The van der Waals surface area contributed by atoms with Crippen LogP contribution in [0.2, 0.25) is 0 Å². The first-order valence-corrected chi connectivity index (χ1v) is 6.68. The maximum Gasteiger partial charge on any atom is 0.159 e. The molecule has 0 aromatic heterocycles. The number of likely N-dealkylation sites (tertiary alicyclic amines) is 1. The second-order valence-electron chi connectivity index (χ2n) is 5.49. The van der Waals surface area contributed by atoms with E-state index in [9.17, 15) is 4.79 Å². The van der Waals surface area contributed by atoms with Gasteiger partial charge in [0.05, 0.1) is 0 Å². The molecule has 94 valence electrons. The van der Waals surface area contributed by atoms with Crippen LogP contribution in [0.3, 0.4) is 0 Å². The van der Waals surface area contributed by atoms with Gasteiger partial charge in [-0.1, -0.05) is 30.3 Å². The number of allylic oxidation sites excluding steroid dienone is 1. The van der Waals surface area contributed by atoms with Gasteiger partial charge in [0.15, 0.2) is 5.78 Å². The Morgan fingerprint density at radius 2 is 2.00 bits per heavy atom. The standard InChI is InChI=1S/C16H19NO/c1-11-15-10-17(9-14(15)8-16(11)18)12(2)13-6-4-3-5-7-13/h3-7,12,14H,8-10H2,1-2H3/t12-,14?/m0/s1. The lowest BCUT2D eigenvalue weighted by Gasteiger charge is -2.24. The third-order valence-corrected chi connectivity index (χ3v) is 4.48. The Hall–Kier alpha value is -1.41. The number of fused-ring (bicyclic) bond motifs is 1. The Morgan fingerprint density at radius 1 is 1.28 bits per heavy atom. The molecule has 0 spiro atoms. The van der Waals surface area contributed by atoms with Crippen LogP contribution >= 0.6 is 0 Å². The number of carbonyl (C=O) groups is 1. The Bertz CT molecular complexity index is 503. The lowest BCUT2D eigenvalue weighted by Crippen LogP contribution is -2.25. The summed E-state index contributed by atoms with van der Waals surface area (Å²) in [6.07, 6.45) is 0.735. The van der Waals surface area contributed by atoms with E-state index in [0.717, 1.165) is 25.1 Å². The topological polar surface area (TPSA) is 20.3 Å².